The van der Waals surface area contributed by atoms with E-state index in [1.165, 1.54) is 19.3 Å². The van der Waals surface area contributed by atoms with Crippen molar-refractivity contribution >= 4 is 0 Å². The molecular formula is C10H19N5. The Kier molecular flexibility index (Phi) is 3.66. The zero-order chi connectivity index (χ0) is 10.5. The van der Waals surface area contributed by atoms with E-state index in [1.807, 2.05) is 0 Å². The van der Waals surface area contributed by atoms with E-state index in [0.29, 0.717) is 6.04 Å². The van der Waals surface area contributed by atoms with Crippen LogP contribution in [0.1, 0.15) is 38.4 Å². The van der Waals surface area contributed by atoms with Crippen molar-refractivity contribution in [1.29, 1.82) is 0 Å². The molecule has 1 aromatic rings. The van der Waals surface area contributed by atoms with Gasteiger partial charge in [0.15, 0.2) is 5.82 Å². The van der Waals surface area contributed by atoms with Crippen LogP contribution in [0, 0.1) is 0 Å². The molecule has 84 valence electrons. The summed E-state index contributed by atoms with van der Waals surface area (Å²) in [7, 11) is 0. The molecule has 1 aliphatic rings. The second-order valence-corrected chi connectivity index (χ2v) is 4.15. The molecule has 1 atom stereocenters. The Labute approximate surface area is 90.2 Å². The molecule has 1 fully saturated rings. The molecule has 2 heterocycles. The Morgan fingerprint density at radius 2 is 2.40 bits per heavy atom. The predicted molar refractivity (Wildman–Crippen MR) is 57.5 cm³/mol. The summed E-state index contributed by atoms with van der Waals surface area (Å²) < 4.78 is 0. The van der Waals surface area contributed by atoms with E-state index in [4.69, 9.17) is 0 Å². The molecule has 0 aromatic carbocycles. The molecule has 5 heteroatoms. The van der Waals surface area contributed by atoms with E-state index in [-0.39, 0.29) is 0 Å². The summed E-state index contributed by atoms with van der Waals surface area (Å²) in [5.41, 5.74) is 0. The van der Waals surface area contributed by atoms with Crippen LogP contribution in [0.3, 0.4) is 0 Å². The first-order chi connectivity index (χ1) is 7.38. The molecule has 5 nitrogen and oxygen atoms in total. The summed E-state index contributed by atoms with van der Waals surface area (Å²) in [5, 5.41) is 15.9. The summed E-state index contributed by atoms with van der Waals surface area (Å²) in [5.74, 6) is 0.878. The lowest BCUT2D eigenvalue weighted by atomic mass is 10.0. The van der Waals surface area contributed by atoms with Crippen molar-refractivity contribution in [2.24, 2.45) is 0 Å². The average molecular weight is 209 g/mol. The molecule has 1 aliphatic heterocycles. The van der Waals surface area contributed by atoms with Gasteiger partial charge in [0.1, 0.15) is 0 Å². The normalized spacial score (nSPS) is 21.8. The summed E-state index contributed by atoms with van der Waals surface area (Å²) in [6, 6.07) is 0.554. The van der Waals surface area contributed by atoms with Gasteiger partial charge in [-0.3, -0.25) is 0 Å². The van der Waals surface area contributed by atoms with Crippen molar-refractivity contribution in [3.63, 3.8) is 0 Å². The lowest BCUT2D eigenvalue weighted by Crippen LogP contribution is -2.35. The smallest absolute Gasteiger partial charge is 0.176 e. The molecule has 1 aromatic heterocycles. The highest BCUT2D eigenvalue weighted by Gasteiger charge is 2.15. The van der Waals surface area contributed by atoms with E-state index in [1.54, 1.807) is 4.80 Å². The molecule has 0 saturated carbocycles. The van der Waals surface area contributed by atoms with Crippen LogP contribution in [-0.4, -0.2) is 32.8 Å². The van der Waals surface area contributed by atoms with Gasteiger partial charge in [-0.25, -0.2) is 0 Å². The van der Waals surface area contributed by atoms with Crippen molar-refractivity contribution in [3.8, 4) is 0 Å². The highest BCUT2D eigenvalue weighted by atomic mass is 15.6. The largest absolute Gasteiger partial charge is 0.314 e. The van der Waals surface area contributed by atoms with Gasteiger partial charge < -0.3 is 5.32 Å². The van der Waals surface area contributed by atoms with Crippen molar-refractivity contribution in [3.05, 3.63) is 5.82 Å². The Balaban J connectivity index is 1.86. The summed E-state index contributed by atoms with van der Waals surface area (Å²) in [6.45, 7) is 4.12. The minimum absolute atomic E-state index is 0.554. The monoisotopic (exact) mass is 209 g/mol. The number of nitrogens with one attached hydrogen (secondary N) is 1. The third-order valence-electron chi connectivity index (χ3n) is 2.76. The van der Waals surface area contributed by atoms with Gasteiger partial charge in [-0.2, -0.15) is 4.80 Å². The second kappa shape index (κ2) is 5.21. The Morgan fingerprint density at radius 1 is 1.47 bits per heavy atom. The fraction of sp³-hybridized carbons (Fsp3) is 0.900. The van der Waals surface area contributed by atoms with Gasteiger partial charge in [0.2, 0.25) is 0 Å². The average Bonchev–Trinajstić information content (AvgIpc) is 2.68. The Bertz CT molecular complexity index is 290. The molecule has 0 spiro atoms. The van der Waals surface area contributed by atoms with Crippen LogP contribution in [0.5, 0.6) is 0 Å². The van der Waals surface area contributed by atoms with Gasteiger partial charge in [0, 0.05) is 12.5 Å². The zero-order valence-corrected chi connectivity index (χ0v) is 9.32. The highest BCUT2D eigenvalue weighted by molar-refractivity contribution is 4.86. The van der Waals surface area contributed by atoms with Gasteiger partial charge in [-0.1, -0.05) is 13.3 Å². The third-order valence-corrected chi connectivity index (χ3v) is 2.76. The van der Waals surface area contributed by atoms with Crippen LogP contribution in [-0.2, 0) is 13.0 Å². The summed E-state index contributed by atoms with van der Waals surface area (Å²) in [6.07, 6.45) is 5.83. The van der Waals surface area contributed by atoms with Crippen molar-refractivity contribution in [2.45, 2.75) is 51.6 Å². The Morgan fingerprint density at radius 3 is 3.13 bits per heavy atom. The molecule has 0 bridgehead atoms. The first-order valence-electron chi connectivity index (χ1n) is 5.88. The number of aromatic nitrogens is 4. The fourth-order valence-electron chi connectivity index (χ4n) is 1.97. The van der Waals surface area contributed by atoms with Gasteiger partial charge in [-0.15, -0.1) is 10.2 Å². The minimum atomic E-state index is 0.554. The lowest BCUT2D eigenvalue weighted by Gasteiger charge is -2.21. The SMILES string of the molecule is CCCn1nnc(CC2CCCCN2)n1. The fourth-order valence-corrected chi connectivity index (χ4v) is 1.97. The van der Waals surface area contributed by atoms with Crippen molar-refractivity contribution < 1.29 is 0 Å². The van der Waals surface area contributed by atoms with E-state index in [0.717, 1.165) is 31.8 Å². The predicted octanol–water partition coefficient (Wildman–Crippen LogP) is 0.768. The number of hydrogen-bond donors (Lipinski definition) is 1. The van der Waals surface area contributed by atoms with E-state index in [9.17, 15) is 0 Å². The molecule has 1 saturated heterocycles. The number of tetrazole rings is 1. The number of hydrogen-bond acceptors (Lipinski definition) is 4. The number of rotatable bonds is 4. The van der Waals surface area contributed by atoms with Crippen LogP contribution < -0.4 is 5.32 Å². The maximum absolute atomic E-state index is 4.35. The first-order valence-corrected chi connectivity index (χ1v) is 5.88. The summed E-state index contributed by atoms with van der Waals surface area (Å²) in [4.78, 5) is 1.69. The Hall–Kier alpha value is -0.970. The van der Waals surface area contributed by atoms with Crippen LogP contribution in [0.2, 0.25) is 0 Å². The molecule has 0 amide bonds. The van der Waals surface area contributed by atoms with Gasteiger partial charge in [-0.05, 0) is 31.0 Å². The van der Waals surface area contributed by atoms with E-state index >= 15 is 0 Å². The van der Waals surface area contributed by atoms with Crippen LogP contribution in [0.15, 0.2) is 0 Å². The third kappa shape index (κ3) is 2.99. The highest BCUT2D eigenvalue weighted by Crippen LogP contribution is 2.09. The van der Waals surface area contributed by atoms with Gasteiger partial charge in [0.25, 0.3) is 0 Å². The number of nitrogens with zero attached hydrogens (tertiary/aromatic N) is 4. The number of piperidine rings is 1. The van der Waals surface area contributed by atoms with Crippen molar-refractivity contribution in [2.75, 3.05) is 6.54 Å². The number of aryl methyl sites for hydroxylation is 1. The molecule has 1 N–H and O–H groups in total. The maximum Gasteiger partial charge on any atom is 0.176 e. The second-order valence-electron chi connectivity index (χ2n) is 4.15. The van der Waals surface area contributed by atoms with Crippen molar-refractivity contribution in [1.82, 2.24) is 25.5 Å². The van der Waals surface area contributed by atoms with E-state index in [2.05, 4.69) is 27.7 Å². The van der Waals surface area contributed by atoms with E-state index < -0.39 is 0 Å². The maximum atomic E-state index is 4.35. The van der Waals surface area contributed by atoms with Gasteiger partial charge in [0.05, 0.1) is 6.54 Å². The zero-order valence-electron chi connectivity index (χ0n) is 9.32. The summed E-state index contributed by atoms with van der Waals surface area (Å²) >= 11 is 0. The topological polar surface area (TPSA) is 55.6 Å². The quantitative estimate of drug-likeness (QED) is 0.795. The molecule has 15 heavy (non-hydrogen) atoms. The molecular weight excluding hydrogens is 190 g/mol. The standard InChI is InChI=1S/C10H19N5/c1-2-7-15-13-10(12-14-15)8-9-5-3-4-6-11-9/h9,11H,2-8H2,1H3. The van der Waals surface area contributed by atoms with Gasteiger partial charge >= 0.3 is 0 Å². The molecule has 0 radical (unpaired) electrons. The first kappa shape index (κ1) is 10.5. The minimum Gasteiger partial charge on any atom is -0.314 e. The molecule has 2 rings (SSSR count). The van der Waals surface area contributed by atoms with Crippen LogP contribution in [0.4, 0.5) is 0 Å². The molecule has 1 unspecified atom stereocenters. The lowest BCUT2D eigenvalue weighted by molar-refractivity contribution is 0.393. The van der Waals surface area contributed by atoms with Crippen LogP contribution >= 0.6 is 0 Å². The van der Waals surface area contributed by atoms with Crippen LogP contribution in [0.25, 0.3) is 0 Å². The molecule has 0 aliphatic carbocycles.